The topological polar surface area (TPSA) is 178 Å². The van der Waals surface area contributed by atoms with E-state index in [2.05, 4.69) is 54.5 Å². The van der Waals surface area contributed by atoms with Crippen molar-refractivity contribution in [1.82, 2.24) is 0 Å². The summed E-state index contributed by atoms with van der Waals surface area (Å²) in [6, 6.07) is 0. The van der Waals surface area contributed by atoms with Gasteiger partial charge in [-0.2, -0.15) is 8.42 Å². The molecule has 6 atom stereocenters. The Bertz CT molecular complexity index is 1240. The molecule has 4 N–H and O–H groups in total. The number of esters is 1. The summed E-state index contributed by atoms with van der Waals surface area (Å²) in [4.78, 5) is 12.8. The molecule has 6 unspecified atom stereocenters. The maximum Gasteiger partial charge on any atom is 0.397 e. The molecule has 12 nitrogen and oxygen atoms in total. The summed E-state index contributed by atoms with van der Waals surface area (Å²) in [7, 11) is -5.06. The lowest BCUT2D eigenvalue weighted by Gasteiger charge is -2.41. The average Bonchev–Trinajstić information content (AvgIpc) is 3.26. The molecule has 0 spiro atoms. The Kier molecular flexibility index (Phi) is 39.3. The van der Waals surface area contributed by atoms with Gasteiger partial charge in [0.1, 0.15) is 30.5 Å². The number of hydrogen-bond acceptors (Lipinski definition) is 11. The normalized spacial score (nSPS) is 20.1. The van der Waals surface area contributed by atoms with Crippen LogP contribution in [-0.4, -0.2) is 97.5 Å². The fourth-order valence-electron chi connectivity index (χ4n) is 7.68. The van der Waals surface area contributed by atoms with Crippen LogP contribution in [0.1, 0.15) is 213 Å². The number of allylic oxidation sites excluding steroid dienone is 6. The molecule has 0 radical (unpaired) electrons. The van der Waals surface area contributed by atoms with Crippen LogP contribution in [0.4, 0.5) is 0 Å². The standard InChI is InChI=1S/C50H92O12S/c1-3-5-7-9-11-13-15-17-18-19-20-21-22-23-24-25-26-27-28-30-32-34-36-38-40-58-42-44(60-46(52)39-37-35-33-31-29-16-14-12-10-8-6-4-2)43-59-50-48(54)49(62-63(55,56)57)47(53)45(41-51)61-50/h15,17,19-20,22-23,44-45,47-51,53-54H,3-14,16,18,21,24-43H2,1-2H3,(H,55,56,57)/b17-15-,20-19-,23-22-. The van der Waals surface area contributed by atoms with Gasteiger partial charge < -0.3 is 34.3 Å². The fraction of sp³-hybridized carbons (Fsp3) is 0.860. The van der Waals surface area contributed by atoms with Crippen molar-refractivity contribution >= 4 is 16.4 Å². The zero-order valence-electron chi connectivity index (χ0n) is 39.6. The molecule has 1 rings (SSSR count). The van der Waals surface area contributed by atoms with E-state index in [1.807, 2.05) is 0 Å². The lowest BCUT2D eigenvalue weighted by Crippen LogP contribution is -2.60. The summed E-state index contributed by atoms with van der Waals surface area (Å²) in [6.45, 7) is 3.98. The third-order valence-corrected chi connectivity index (χ3v) is 12.0. The molecule has 1 heterocycles. The van der Waals surface area contributed by atoms with Crippen molar-refractivity contribution in [2.24, 2.45) is 0 Å². The molecule has 0 bridgehead atoms. The van der Waals surface area contributed by atoms with Gasteiger partial charge in [0.05, 0.1) is 19.8 Å². The van der Waals surface area contributed by atoms with Crippen molar-refractivity contribution in [3.05, 3.63) is 36.5 Å². The molecule has 370 valence electrons. The first-order valence-electron chi connectivity index (χ1n) is 25.2. The van der Waals surface area contributed by atoms with Crippen molar-refractivity contribution < 1.29 is 56.2 Å². The van der Waals surface area contributed by atoms with E-state index in [4.69, 9.17) is 18.9 Å². The highest BCUT2D eigenvalue weighted by Gasteiger charge is 2.48. The molecule has 1 fully saturated rings. The third-order valence-electron chi connectivity index (χ3n) is 11.5. The molecule has 63 heavy (non-hydrogen) atoms. The number of aliphatic hydroxyl groups is 3. The maximum atomic E-state index is 12.8. The molecule has 1 saturated heterocycles. The summed E-state index contributed by atoms with van der Waals surface area (Å²) in [5.74, 6) is -0.401. The van der Waals surface area contributed by atoms with E-state index in [0.717, 1.165) is 57.8 Å². The maximum absolute atomic E-state index is 12.8. The number of unbranched alkanes of at least 4 members (excludes halogenated alkanes) is 25. The minimum atomic E-state index is -5.06. The molecule has 0 aromatic heterocycles. The smallest absolute Gasteiger partial charge is 0.397 e. The highest BCUT2D eigenvalue weighted by molar-refractivity contribution is 7.80. The molecule has 1 aliphatic rings. The van der Waals surface area contributed by atoms with Gasteiger partial charge in [-0.25, -0.2) is 4.18 Å². The number of ether oxygens (including phenoxy) is 4. The van der Waals surface area contributed by atoms with E-state index < -0.39 is 59.8 Å². The van der Waals surface area contributed by atoms with Gasteiger partial charge in [0, 0.05) is 13.0 Å². The van der Waals surface area contributed by atoms with Crippen LogP contribution in [0.25, 0.3) is 0 Å². The number of rotatable bonds is 44. The zero-order chi connectivity index (χ0) is 46.1. The Morgan fingerprint density at radius 3 is 1.52 bits per heavy atom. The molecule has 13 heteroatoms. The van der Waals surface area contributed by atoms with Crippen LogP contribution in [0.15, 0.2) is 36.5 Å². The first-order valence-corrected chi connectivity index (χ1v) is 26.6. The van der Waals surface area contributed by atoms with E-state index in [0.29, 0.717) is 13.0 Å². The Balaban J connectivity index is 2.33. The summed E-state index contributed by atoms with van der Waals surface area (Å²) in [5, 5.41) is 30.7. The highest BCUT2D eigenvalue weighted by Crippen LogP contribution is 2.26. The molecule has 0 aromatic rings. The second kappa shape index (κ2) is 41.7. The van der Waals surface area contributed by atoms with Crippen LogP contribution in [0, 0.1) is 0 Å². The van der Waals surface area contributed by atoms with Gasteiger partial charge in [-0.15, -0.1) is 0 Å². The van der Waals surface area contributed by atoms with Gasteiger partial charge in [0.25, 0.3) is 0 Å². The predicted octanol–water partition coefficient (Wildman–Crippen LogP) is 11.4. The van der Waals surface area contributed by atoms with Crippen molar-refractivity contribution in [2.45, 2.75) is 250 Å². The SMILES string of the molecule is CCCCCCC/C=C\C/C=C\C/C=C\CCCCCCCCCCCOCC(COC1OC(CO)C(O)C(OS(=O)(=O)O)C1O)OC(=O)CCCCCCCCCCCCCC. The van der Waals surface area contributed by atoms with Crippen molar-refractivity contribution in [1.29, 1.82) is 0 Å². The zero-order valence-corrected chi connectivity index (χ0v) is 40.5. The fourth-order valence-corrected chi connectivity index (χ4v) is 8.19. The van der Waals surface area contributed by atoms with Crippen molar-refractivity contribution in [2.75, 3.05) is 26.4 Å². The number of hydrogen-bond donors (Lipinski definition) is 4. The minimum absolute atomic E-state index is 0.0346. The summed E-state index contributed by atoms with van der Waals surface area (Å²) in [5.41, 5.74) is 0. The third kappa shape index (κ3) is 35.2. The van der Waals surface area contributed by atoms with Crippen LogP contribution in [0.2, 0.25) is 0 Å². The lowest BCUT2D eigenvalue weighted by atomic mass is 9.99. The second-order valence-electron chi connectivity index (χ2n) is 17.4. The Morgan fingerprint density at radius 1 is 0.603 bits per heavy atom. The first kappa shape index (κ1) is 59.3. The quantitative estimate of drug-likeness (QED) is 0.0197. The predicted molar refractivity (Wildman–Crippen MR) is 253 cm³/mol. The van der Waals surface area contributed by atoms with Gasteiger partial charge in [-0.3, -0.25) is 9.35 Å². The monoisotopic (exact) mass is 917 g/mol. The summed E-state index contributed by atoms with van der Waals surface area (Å²) >= 11 is 0. The molecule has 0 saturated carbocycles. The van der Waals surface area contributed by atoms with E-state index in [-0.39, 0.29) is 19.6 Å². The Morgan fingerprint density at radius 2 is 1.05 bits per heavy atom. The molecule has 1 aliphatic heterocycles. The van der Waals surface area contributed by atoms with Gasteiger partial charge >= 0.3 is 16.4 Å². The largest absolute Gasteiger partial charge is 0.457 e. The number of carbonyl (C=O) groups excluding carboxylic acids is 1. The van der Waals surface area contributed by atoms with Gasteiger partial charge in [0.15, 0.2) is 6.29 Å². The molecular formula is C50H92O12S. The Labute approximate surface area is 383 Å². The van der Waals surface area contributed by atoms with Gasteiger partial charge in [-0.05, 0) is 51.4 Å². The molecule has 0 aliphatic carbocycles. The van der Waals surface area contributed by atoms with Gasteiger partial charge in [0.2, 0.25) is 0 Å². The second-order valence-corrected chi connectivity index (χ2v) is 18.5. The lowest BCUT2D eigenvalue weighted by molar-refractivity contribution is -0.301. The summed E-state index contributed by atoms with van der Waals surface area (Å²) < 4.78 is 59.1. The van der Waals surface area contributed by atoms with E-state index in [1.165, 1.54) is 128 Å². The van der Waals surface area contributed by atoms with Crippen molar-refractivity contribution in [3.63, 3.8) is 0 Å². The minimum Gasteiger partial charge on any atom is -0.457 e. The van der Waals surface area contributed by atoms with Crippen LogP contribution in [0.3, 0.4) is 0 Å². The van der Waals surface area contributed by atoms with Crippen LogP contribution < -0.4 is 0 Å². The van der Waals surface area contributed by atoms with E-state index >= 15 is 0 Å². The van der Waals surface area contributed by atoms with Gasteiger partial charge in [-0.1, -0.05) is 192 Å². The molecular weight excluding hydrogens is 825 g/mol. The number of aliphatic hydroxyl groups excluding tert-OH is 3. The Hall–Kier alpha value is -1.68. The molecule has 0 aromatic carbocycles. The van der Waals surface area contributed by atoms with Crippen LogP contribution in [0.5, 0.6) is 0 Å². The van der Waals surface area contributed by atoms with Crippen LogP contribution in [-0.2, 0) is 38.3 Å². The summed E-state index contributed by atoms with van der Waals surface area (Å²) in [6.07, 6.45) is 40.4. The number of carbonyl (C=O) groups is 1. The van der Waals surface area contributed by atoms with Crippen LogP contribution >= 0.6 is 0 Å². The van der Waals surface area contributed by atoms with E-state index in [1.54, 1.807) is 0 Å². The first-order chi connectivity index (χ1) is 30.6. The van der Waals surface area contributed by atoms with Crippen molar-refractivity contribution in [3.8, 4) is 0 Å². The molecule has 0 amide bonds. The highest BCUT2D eigenvalue weighted by atomic mass is 32.3. The van der Waals surface area contributed by atoms with E-state index in [9.17, 15) is 33.1 Å². The average molecular weight is 917 g/mol.